The summed E-state index contributed by atoms with van der Waals surface area (Å²) in [5.74, 6) is 0.671. The van der Waals surface area contributed by atoms with E-state index in [1.54, 1.807) is 12.4 Å². The Hall–Kier alpha value is -4.17. The van der Waals surface area contributed by atoms with Crippen molar-refractivity contribution in [1.29, 1.82) is 0 Å². The van der Waals surface area contributed by atoms with Crippen molar-refractivity contribution >= 4 is 11.9 Å². The first kappa shape index (κ1) is 23.6. The van der Waals surface area contributed by atoms with E-state index >= 15 is 0 Å². The summed E-state index contributed by atoms with van der Waals surface area (Å²) in [6.07, 6.45) is 3.54. The van der Waals surface area contributed by atoms with Gasteiger partial charge in [0.15, 0.2) is 0 Å². The number of piperazine rings is 1. The minimum Gasteiger partial charge on any atom is -0.346 e. The Bertz CT molecular complexity index is 1220. The monoisotopic (exact) mass is 479 g/mol. The molecule has 2 aromatic carbocycles. The molecule has 0 aliphatic carbocycles. The smallest absolute Gasteiger partial charge is 0.289 e. The van der Waals surface area contributed by atoms with Crippen LogP contribution in [0.5, 0.6) is 0 Å². The number of carbonyl (C=O) groups is 1. The van der Waals surface area contributed by atoms with E-state index in [-0.39, 0.29) is 17.8 Å². The van der Waals surface area contributed by atoms with Crippen LogP contribution >= 0.6 is 0 Å². The quantitative estimate of drug-likeness (QED) is 0.434. The highest BCUT2D eigenvalue weighted by Crippen LogP contribution is 2.23. The molecule has 36 heavy (non-hydrogen) atoms. The number of amides is 1. The fraction of sp³-hybridized carbons (Fsp3) is 0.250. The Morgan fingerprint density at radius 2 is 1.39 bits per heavy atom. The maximum absolute atomic E-state index is 13.2. The molecule has 1 aliphatic heterocycles. The number of nitrogens with one attached hydrogen (secondary N) is 1. The standard InChI is InChI=1S/C28H29N7O/c1-21(20-34-15-17-35(18-16-34)28-29-13-8-14-30-28)31-27(36)26-32-24(22-9-4-2-5-10-22)19-25(33-26)23-11-6-3-7-12-23/h2-14,19,21H,15-18,20H2,1H3,(H,31,36). The fourth-order valence-corrected chi connectivity index (χ4v) is 4.37. The molecule has 1 unspecified atom stereocenters. The van der Waals surface area contributed by atoms with Crippen LogP contribution in [0.2, 0.25) is 0 Å². The van der Waals surface area contributed by atoms with Gasteiger partial charge in [0, 0.05) is 62.3 Å². The number of nitrogens with zero attached hydrogens (tertiary/aromatic N) is 6. The lowest BCUT2D eigenvalue weighted by molar-refractivity contribution is 0.0917. The predicted octanol–water partition coefficient (Wildman–Crippen LogP) is 3.54. The average molecular weight is 480 g/mol. The maximum Gasteiger partial charge on any atom is 0.289 e. The topological polar surface area (TPSA) is 87.1 Å². The third kappa shape index (κ3) is 5.72. The van der Waals surface area contributed by atoms with E-state index < -0.39 is 0 Å². The zero-order valence-electron chi connectivity index (χ0n) is 20.3. The lowest BCUT2D eigenvalue weighted by atomic mass is 10.1. The highest BCUT2D eigenvalue weighted by molar-refractivity contribution is 5.92. The third-order valence-electron chi connectivity index (χ3n) is 6.19. The van der Waals surface area contributed by atoms with Crippen LogP contribution in [0.15, 0.2) is 85.2 Å². The summed E-state index contributed by atoms with van der Waals surface area (Å²) in [6.45, 7) is 6.25. The van der Waals surface area contributed by atoms with Gasteiger partial charge in [-0.05, 0) is 19.1 Å². The van der Waals surface area contributed by atoms with E-state index in [2.05, 4.69) is 35.1 Å². The highest BCUT2D eigenvalue weighted by atomic mass is 16.2. The van der Waals surface area contributed by atoms with Crippen molar-refractivity contribution in [2.45, 2.75) is 13.0 Å². The van der Waals surface area contributed by atoms with E-state index in [0.717, 1.165) is 61.2 Å². The van der Waals surface area contributed by atoms with Crippen molar-refractivity contribution < 1.29 is 4.79 Å². The van der Waals surface area contributed by atoms with Crippen molar-refractivity contribution in [3.8, 4) is 22.5 Å². The summed E-state index contributed by atoms with van der Waals surface area (Å²) < 4.78 is 0. The summed E-state index contributed by atoms with van der Waals surface area (Å²) in [4.78, 5) is 35.7. The van der Waals surface area contributed by atoms with E-state index in [1.807, 2.05) is 79.7 Å². The second kappa shape index (κ2) is 11.0. The van der Waals surface area contributed by atoms with E-state index in [0.29, 0.717) is 0 Å². The van der Waals surface area contributed by atoms with Gasteiger partial charge in [0.2, 0.25) is 11.8 Å². The Balaban J connectivity index is 1.26. The summed E-state index contributed by atoms with van der Waals surface area (Å²) in [5, 5.41) is 3.10. The minimum absolute atomic E-state index is 0.0545. The lowest BCUT2D eigenvalue weighted by Gasteiger charge is -2.35. The van der Waals surface area contributed by atoms with E-state index in [9.17, 15) is 4.79 Å². The first-order chi connectivity index (χ1) is 17.7. The van der Waals surface area contributed by atoms with Crippen molar-refractivity contribution in [3.63, 3.8) is 0 Å². The molecule has 0 spiro atoms. The molecule has 0 radical (unpaired) electrons. The molecule has 0 saturated carbocycles. The van der Waals surface area contributed by atoms with Gasteiger partial charge in [-0.3, -0.25) is 9.69 Å². The van der Waals surface area contributed by atoms with Crippen LogP contribution in [0.1, 0.15) is 17.5 Å². The molecule has 3 heterocycles. The van der Waals surface area contributed by atoms with Gasteiger partial charge in [-0.25, -0.2) is 19.9 Å². The average Bonchev–Trinajstić information content (AvgIpc) is 2.94. The van der Waals surface area contributed by atoms with Gasteiger partial charge in [0.05, 0.1) is 11.4 Å². The number of carbonyl (C=O) groups excluding carboxylic acids is 1. The maximum atomic E-state index is 13.2. The number of rotatable bonds is 7. The fourth-order valence-electron chi connectivity index (χ4n) is 4.37. The van der Waals surface area contributed by atoms with Gasteiger partial charge in [-0.1, -0.05) is 60.7 Å². The van der Waals surface area contributed by atoms with Gasteiger partial charge in [0.1, 0.15) is 0 Å². The van der Waals surface area contributed by atoms with Crippen LogP contribution in [0.3, 0.4) is 0 Å². The van der Waals surface area contributed by atoms with Gasteiger partial charge >= 0.3 is 0 Å². The van der Waals surface area contributed by atoms with Crippen LogP contribution < -0.4 is 10.2 Å². The predicted molar refractivity (Wildman–Crippen MR) is 141 cm³/mol. The summed E-state index contributed by atoms with van der Waals surface area (Å²) in [6, 6.07) is 23.4. The SMILES string of the molecule is CC(CN1CCN(c2ncccn2)CC1)NC(=O)c1nc(-c2ccccc2)cc(-c2ccccc2)n1. The number of hydrogen-bond donors (Lipinski definition) is 1. The highest BCUT2D eigenvalue weighted by Gasteiger charge is 2.22. The van der Waals surface area contributed by atoms with Crippen LogP contribution in [0, 0.1) is 0 Å². The molecule has 5 rings (SSSR count). The first-order valence-electron chi connectivity index (χ1n) is 12.2. The zero-order chi connectivity index (χ0) is 24.7. The lowest BCUT2D eigenvalue weighted by Crippen LogP contribution is -2.51. The normalized spacial score (nSPS) is 14.9. The van der Waals surface area contributed by atoms with Crippen LogP contribution in [-0.2, 0) is 0 Å². The number of hydrogen-bond acceptors (Lipinski definition) is 7. The minimum atomic E-state index is -0.270. The number of benzene rings is 2. The molecule has 0 bridgehead atoms. The molecule has 4 aromatic rings. The van der Waals surface area contributed by atoms with E-state index in [4.69, 9.17) is 0 Å². The Kier molecular flexibility index (Phi) is 7.23. The van der Waals surface area contributed by atoms with Crippen molar-refractivity contribution in [2.24, 2.45) is 0 Å². The summed E-state index contributed by atoms with van der Waals surface area (Å²) >= 11 is 0. The molecule has 1 amide bonds. The zero-order valence-corrected chi connectivity index (χ0v) is 20.3. The second-order valence-electron chi connectivity index (χ2n) is 8.91. The molecular weight excluding hydrogens is 450 g/mol. The summed E-state index contributed by atoms with van der Waals surface area (Å²) in [7, 11) is 0. The molecule has 8 nitrogen and oxygen atoms in total. The van der Waals surface area contributed by atoms with Crippen LogP contribution in [-0.4, -0.2) is 69.5 Å². The first-order valence-corrected chi connectivity index (χ1v) is 12.2. The molecule has 1 atom stereocenters. The van der Waals surface area contributed by atoms with Gasteiger partial charge < -0.3 is 10.2 Å². The van der Waals surface area contributed by atoms with Crippen molar-refractivity contribution in [2.75, 3.05) is 37.6 Å². The molecule has 8 heteroatoms. The Morgan fingerprint density at radius 1 is 0.833 bits per heavy atom. The Labute approximate surface area is 211 Å². The second-order valence-corrected chi connectivity index (χ2v) is 8.91. The molecule has 1 aliphatic rings. The molecule has 182 valence electrons. The number of aromatic nitrogens is 4. The number of anilines is 1. The van der Waals surface area contributed by atoms with E-state index in [1.165, 1.54) is 0 Å². The summed E-state index contributed by atoms with van der Waals surface area (Å²) in [5.41, 5.74) is 3.34. The molecule has 1 fully saturated rings. The Morgan fingerprint density at radius 3 is 1.94 bits per heavy atom. The molecular formula is C28H29N7O. The van der Waals surface area contributed by atoms with Crippen molar-refractivity contribution in [3.05, 3.63) is 91.0 Å². The third-order valence-corrected chi connectivity index (χ3v) is 6.19. The van der Waals surface area contributed by atoms with Gasteiger partial charge in [-0.2, -0.15) is 0 Å². The van der Waals surface area contributed by atoms with Crippen LogP contribution in [0.4, 0.5) is 5.95 Å². The molecule has 1 saturated heterocycles. The van der Waals surface area contributed by atoms with Crippen LogP contribution in [0.25, 0.3) is 22.5 Å². The van der Waals surface area contributed by atoms with Gasteiger partial charge in [0.25, 0.3) is 5.91 Å². The largest absolute Gasteiger partial charge is 0.346 e. The molecule has 2 aromatic heterocycles. The van der Waals surface area contributed by atoms with Gasteiger partial charge in [-0.15, -0.1) is 0 Å². The molecule has 1 N–H and O–H groups in total. The van der Waals surface area contributed by atoms with Crippen molar-refractivity contribution in [1.82, 2.24) is 30.2 Å².